The fourth-order valence-corrected chi connectivity index (χ4v) is 3.92. The van der Waals surface area contributed by atoms with Gasteiger partial charge < -0.3 is 4.74 Å². The highest BCUT2D eigenvalue weighted by Crippen LogP contribution is 2.32. The molecule has 0 N–H and O–H groups in total. The van der Waals surface area contributed by atoms with Gasteiger partial charge in [0.05, 0.1) is 11.1 Å². The maximum absolute atomic E-state index is 5.84. The van der Waals surface area contributed by atoms with Crippen molar-refractivity contribution in [2.75, 3.05) is 6.61 Å². The molecule has 0 unspecified atom stereocenters. The van der Waals surface area contributed by atoms with Crippen molar-refractivity contribution in [3.8, 4) is 28.0 Å². The lowest BCUT2D eigenvalue weighted by Crippen LogP contribution is -1.97. The zero-order chi connectivity index (χ0) is 20.5. The van der Waals surface area contributed by atoms with Gasteiger partial charge in [-0.25, -0.2) is 0 Å². The van der Waals surface area contributed by atoms with Crippen LogP contribution in [0.25, 0.3) is 22.3 Å². The number of benzene rings is 3. The lowest BCUT2D eigenvalue weighted by atomic mass is 9.98. The van der Waals surface area contributed by atoms with E-state index in [1.165, 1.54) is 53.5 Å². The molecule has 0 fully saturated rings. The third-order valence-electron chi connectivity index (χ3n) is 5.26. The molecule has 0 radical (unpaired) electrons. The van der Waals surface area contributed by atoms with Gasteiger partial charge in [0.2, 0.25) is 0 Å². The lowest BCUT2D eigenvalue weighted by molar-refractivity contribution is 0.307. The highest BCUT2D eigenvalue weighted by molar-refractivity contribution is 9.10. The van der Waals surface area contributed by atoms with E-state index >= 15 is 0 Å². The van der Waals surface area contributed by atoms with Gasteiger partial charge in [-0.3, -0.25) is 0 Å². The number of hydrogen-bond donors (Lipinski definition) is 0. The molecule has 0 aliphatic heterocycles. The first-order chi connectivity index (χ1) is 14.2. The molecule has 0 amide bonds. The van der Waals surface area contributed by atoms with Crippen molar-refractivity contribution in [1.82, 2.24) is 0 Å². The molecule has 0 aromatic heterocycles. The Morgan fingerprint density at radius 1 is 0.655 bits per heavy atom. The molecule has 0 atom stereocenters. The van der Waals surface area contributed by atoms with E-state index in [9.17, 15) is 0 Å². The van der Waals surface area contributed by atoms with Gasteiger partial charge in [-0.2, -0.15) is 0 Å². The second kappa shape index (κ2) is 11.2. The van der Waals surface area contributed by atoms with Gasteiger partial charge in [0, 0.05) is 0 Å². The van der Waals surface area contributed by atoms with Gasteiger partial charge in [0.15, 0.2) is 0 Å². The summed E-state index contributed by atoms with van der Waals surface area (Å²) in [7, 11) is 0. The summed E-state index contributed by atoms with van der Waals surface area (Å²) in [4.78, 5) is 0. The number of unbranched alkanes of at least 4 members (excludes halogenated alkanes) is 3. The molecule has 1 nitrogen and oxygen atoms in total. The predicted octanol–water partition coefficient (Wildman–Crippen LogP) is 8.69. The number of ether oxygens (including phenoxy) is 1. The minimum Gasteiger partial charge on any atom is -0.492 e. The highest BCUT2D eigenvalue weighted by Gasteiger charge is 2.06. The molecular formula is C27H31BrO. The lowest BCUT2D eigenvalue weighted by Gasteiger charge is -2.10. The summed E-state index contributed by atoms with van der Waals surface area (Å²) in [5.74, 6) is 0.915. The molecule has 3 rings (SSSR count). The van der Waals surface area contributed by atoms with Gasteiger partial charge >= 0.3 is 0 Å². The fourth-order valence-electron chi connectivity index (χ4n) is 3.42. The minimum atomic E-state index is 0.764. The van der Waals surface area contributed by atoms with Gasteiger partial charge in [-0.15, -0.1) is 0 Å². The third-order valence-corrected chi connectivity index (χ3v) is 5.88. The Morgan fingerprint density at radius 2 is 1.21 bits per heavy atom. The van der Waals surface area contributed by atoms with Crippen LogP contribution >= 0.6 is 15.9 Å². The average Bonchev–Trinajstić information content (AvgIpc) is 2.76. The molecule has 0 spiro atoms. The van der Waals surface area contributed by atoms with Crippen molar-refractivity contribution < 1.29 is 4.74 Å². The summed E-state index contributed by atoms with van der Waals surface area (Å²) in [6.07, 6.45) is 7.27. The molecule has 0 bridgehead atoms. The summed E-state index contributed by atoms with van der Waals surface area (Å²) in [5.41, 5.74) is 6.37. The van der Waals surface area contributed by atoms with Crippen LogP contribution in [0.4, 0.5) is 0 Å². The van der Waals surface area contributed by atoms with Crippen LogP contribution in [0.2, 0.25) is 0 Å². The summed E-state index contributed by atoms with van der Waals surface area (Å²) in [5, 5.41) is 0. The van der Waals surface area contributed by atoms with E-state index < -0.39 is 0 Å². The Hall–Kier alpha value is -2.06. The number of aryl methyl sites for hydroxylation is 1. The molecule has 152 valence electrons. The predicted molar refractivity (Wildman–Crippen MR) is 129 cm³/mol. The molecule has 3 aromatic rings. The molecule has 0 heterocycles. The van der Waals surface area contributed by atoms with Crippen LogP contribution in [0.15, 0.2) is 71.2 Å². The largest absolute Gasteiger partial charge is 0.492 e. The van der Waals surface area contributed by atoms with Crippen molar-refractivity contribution in [1.29, 1.82) is 0 Å². The SMILES string of the molecule is CCCCCc1ccc(-c2ccc(-c3ccc(OCCCC)c(Br)c3)cc2)cc1. The smallest absolute Gasteiger partial charge is 0.133 e. The standard InChI is InChI=1S/C27H31BrO/c1-3-5-7-8-21-9-11-22(12-10-21)23-13-15-24(16-14-23)25-17-18-27(26(28)20-25)29-19-6-4-2/h9-18,20H,3-8,19H2,1-2H3. The number of halogens is 1. The topological polar surface area (TPSA) is 9.23 Å². The summed E-state index contributed by atoms with van der Waals surface area (Å²) >= 11 is 3.65. The Balaban J connectivity index is 1.67. The van der Waals surface area contributed by atoms with Gasteiger partial charge in [-0.05, 0) is 75.1 Å². The monoisotopic (exact) mass is 450 g/mol. The molecule has 0 saturated heterocycles. The van der Waals surface area contributed by atoms with E-state index in [0.717, 1.165) is 29.7 Å². The second-order valence-corrected chi connectivity index (χ2v) is 8.43. The van der Waals surface area contributed by atoms with Crippen LogP contribution in [0.1, 0.15) is 51.5 Å². The Kier molecular flexibility index (Phi) is 8.37. The zero-order valence-corrected chi connectivity index (χ0v) is 19.2. The second-order valence-electron chi connectivity index (χ2n) is 7.58. The van der Waals surface area contributed by atoms with E-state index in [0.29, 0.717) is 0 Å². The molecule has 3 aromatic carbocycles. The molecule has 2 heteroatoms. The Bertz CT molecular complexity index is 881. The maximum atomic E-state index is 5.84. The van der Waals surface area contributed by atoms with Crippen LogP contribution < -0.4 is 4.74 Å². The molecule has 29 heavy (non-hydrogen) atoms. The van der Waals surface area contributed by atoms with E-state index in [4.69, 9.17) is 4.74 Å². The third kappa shape index (κ3) is 6.21. The van der Waals surface area contributed by atoms with Gasteiger partial charge in [-0.1, -0.05) is 87.7 Å². The van der Waals surface area contributed by atoms with Gasteiger partial charge in [0.25, 0.3) is 0 Å². The number of rotatable bonds is 10. The Morgan fingerprint density at radius 3 is 1.79 bits per heavy atom. The van der Waals surface area contributed by atoms with E-state index in [1.807, 2.05) is 0 Å². The first kappa shape index (κ1) is 21.6. The van der Waals surface area contributed by atoms with Crippen molar-refractivity contribution in [2.24, 2.45) is 0 Å². The van der Waals surface area contributed by atoms with Crippen molar-refractivity contribution >= 4 is 15.9 Å². The Labute approximate surface area is 184 Å². The van der Waals surface area contributed by atoms with E-state index in [1.54, 1.807) is 0 Å². The maximum Gasteiger partial charge on any atom is 0.133 e. The van der Waals surface area contributed by atoms with Crippen molar-refractivity contribution in [3.05, 3.63) is 76.8 Å². The molecule has 0 aliphatic carbocycles. The van der Waals surface area contributed by atoms with Crippen LogP contribution in [-0.2, 0) is 6.42 Å². The van der Waals surface area contributed by atoms with Crippen LogP contribution in [0.3, 0.4) is 0 Å². The molecule has 0 saturated carbocycles. The molecule has 0 aliphatic rings. The first-order valence-corrected chi connectivity index (χ1v) is 11.6. The number of hydrogen-bond acceptors (Lipinski definition) is 1. The zero-order valence-electron chi connectivity index (χ0n) is 17.6. The van der Waals surface area contributed by atoms with Crippen molar-refractivity contribution in [3.63, 3.8) is 0 Å². The summed E-state index contributed by atoms with van der Waals surface area (Å²) < 4.78 is 6.85. The summed E-state index contributed by atoms with van der Waals surface area (Å²) in [6, 6.07) is 24.2. The van der Waals surface area contributed by atoms with Crippen LogP contribution in [0, 0.1) is 0 Å². The normalized spacial score (nSPS) is 10.9. The van der Waals surface area contributed by atoms with Crippen LogP contribution in [0.5, 0.6) is 5.75 Å². The van der Waals surface area contributed by atoms with Gasteiger partial charge in [0.1, 0.15) is 5.75 Å². The molecular weight excluding hydrogens is 420 g/mol. The minimum absolute atomic E-state index is 0.764. The quantitative estimate of drug-likeness (QED) is 0.280. The van der Waals surface area contributed by atoms with E-state index in [-0.39, 0.29) is 0 Å². The van der Waals surface area contributed by atoms with Crippen molar-refractivity contribution in [2.45, 2.75) is 52.4 Å². The fraction of sp³-hybridized carbons (Fsp3) is 0.333. The van der Waals surface area contributed by atoms with Crippen LogP contribution in [-0.4, -0.2) is 6.61 Å². The average molecular weight is 451 g/mol. The highest BCUT2D eigenvalue weighted by atomic mass is 79.9. The first-order valence-electron chi connectivity index (χ1n) is 10.8. The van der Waals surface area contributed by atoms with E-state index in [2.05, 4.69) is 96.5 Å². The summed E-state index contributed by atoms with van der Waals surface area (Å²) in [6.45, 7) is 5.19.